The summed E-state index contributed by atoms with van der Waals surface area (Å²) in [5.74, 6) is -1.98. The van der Waals surface area contributed by atoms with E-state index in [0.717, 1.165) is 7.11 Å². The maximum atomic E-state index is 12.8. The summed E-state index contributed by atoms with van der Waals surface area (Å²) >= 11 is -0.598. The third kappa shape index (κ3) is 3.35. The molecule has 1 aliphatic carbocycles. The fourth-order valence-electron chi connectivity index (χ4n) is 2.38. The third-order valence-corrected chi connectivity index (χ3v) is 4.49. The molecular formula is C15H13F3O3S. The Hall–Kier alpha value is -1.76. The van der Waals surface area contributed by atoms with E-state index in [1.165, 1.54) is 6.08 Å². The van der Waals surface area contributed by atoms with E-state index in [0.29, 0.717) is 5.56 Å². The van der Waals surface area contributed by atoms with Gasteiger partial charge < -0.3 is 4.74 Å². The molecule has 0 aliphatic heterocycles. The minimum absolute atomic E-state index is 0.103. The number of ether oxygens (including phenoxy) is 1. The van der Waals surface area contributed by atoms with Crippen molar-refractivity contribution in [1.29, 1.82) is 0 Å². The molecule has 7 heteroatoms. The van der Waals surface area contributed by atoms with Crippen LogP contribution in [0.3, 0.4) is 0 Å². The van der Waals surface area contributed by atoms with Gasteiger partial charge in [-0.15, -0.1) is 0 Å². The van der Waals surface area contributed by atoms with Gasteiger partial charge in [0.05, 0.1) is 7.11 Å². The van der Waals surface area contributed by atoms with Gasteiger partial charge in [0.1, 0.15) is 0 Å². The number of thioether (sulfide) groups is 1. The molecule has 0 heterocycles. The summed E-state index contributed by atoms with van der Waals surface area (Å²) in [6, 6.07) is 8.76. The van der Waals surface area contributed by atoms with E-state index in [4.69, 9.17) is 0 Å². The second-order valence-corrected chi connectivity index (χ2v) is 6.14. The lowest BCUT2D eigenvalue weighted by Crippen LogP contribution is -2.43. The van der Waals surface area contributed by atoms with Gasteiger partial charge >= 0.3 is 11.5 Å². The molecular weight excluding hydrogens is 317 g/mol. The zero-order valence-electron chi connectivity index (χ0n) is 11.6. The average molecular weight is 330 g/mol. The van der Waals surface area contributed by atoms with Crippen LogP contribution < -0.4 is 0 Å². The Morgan fingerprint density at radius 1 is 1.32 bits per heavy atom. The second kappa shape index (κ2) is 6.16. The quantitative estimate of drug-likeness (QED) is 0.482. The number of Topliss-reactive ketones (excluding diaryl/α,β-unsaturated/α-hetero) is 1. The Balaban J connectivity index is 2.37. The Bertz CT molecular complexity index is 610. The van der Waals surface area contributed by atoms with Crippen molar-refractivity contribution >= 4 is 29.6 Å². The summed E-state index contributed by atoms with van der Waals surface area (Å²) in [5.41, 5.74) is -3.80. The SMILES string of the molecule is COC(=O)[C@]1(SC(F)(F)F)CC/C(=C/c2ccccc2)C1=O. The molecule has 0 saturated heterocycles. The van der Waals surface area contributed by atoms with Gasteiger partial charge in [0.15, 0.2) is 10.5 Å². The minimum atomic E-state index is -4.70. The molecule has 1 aliphatic rings. The zero-order chi connectivity index (χ0) is 16.4. The van der Waals surface area contributed by atoms with Crippen LogP contribution in [-0.2, 0) is 14.3 Å². The number of methoxy groups -OCH3 is 1. The lowest BCUT2D eigenvalue weighted by molar-refractivity contribution is -0.146. The standard InChI is InChI=1S/C15H13F3O3S/c1-21-13(20)14(22-15(16,17)18)8-7-11(12(14)19)9-10-5-3-2-4-6-10/h2-6,9H,7-8H2,1H3/b11-9-/t14-/m0/s1. The molecule has 118 valence electrons. The highest BCUT2D eigenvalue weighted by atomic mass is 32.2. The molecule has 0 unspecified atom stereocenters. The van der Waals surface area contributed by atoms with Gasteiger partial charge in [-0.1, -0.05) is 30.3 Å². The summed E-state index contributed by atoms with van der Waals surface area (Å²) < 4.78 is 40.5. The maximum Gasteiger partial charge on any atom is 0.443 e. The third-order valence-electron chi connectivity index (χ3n) is 3.35. The molecule has 1 aromatic carbocycles. The first-order valence-electron chi connectivity index (χ1n) is 6.44. The molecule has 1 fully saturated rings. The molecule has 1 saturated carbocycles. The number of allylic oxidation sites excluding steroid dienone is 1. The van der Waals surface area contributed by atoms with Crippen LogP contribution in [0.25, 0.3) is 6.08 Å². The van der Waals surface area contributed by atoms with E-state index in [2.05, 4.69) is 4.74 Å². The highest BCUT2D eigenvalue weighted by Gasteiger charge is 2.58. The van der Waals surface area contributed by atoms with Crippen LogP contribution in [0.15, 0.2) is 35.9 Å². The second-order valence-electron chi connectivity index (χ2n) is 4.78. The first-order valence-corrected chi connectivity index (χ1v) is 7.26. The number of carbonyl (C=O) groups is 2. The molecule has 1 atom stereocenters. The molecule has 0 bridgehead atoms. The number of ketones is 1. The fraction of sp³-hybridized carbons (Fsp3) is 0.333. The predicted octanol–water partition coefficient (Wildman–Crippen LogP) is 3.60. The molecule has 0 aromatic heterocycles. The summed E-state index contributed by atoms with van der Waals surface area (Å²) in [6.45, 7) is 0. The van der Waals surface area contributed by atoms with Crippen molar-refractivity contribution in [2.75, 3.05) is 7.11 Å². The van der Waals surface area contributed by atoms with E-state index in [9.17, 15) is 22.8 Å². The van der Waals surface area contributed by atoms with E-state index in [1.807, 2.05) is 0 Å². The predicted molar refractivity (Wildman–Crippen MR) is 77.1 cm³/mol. The number of alkyl halides is 3. The van der Waals surface area contributed by atoms with Crippen LogP contribution in [0, 0.1) is 0 Å². The van der Waals surface area contributed by atoms with Gasteiger partial charge in [0.25, 0.3) is 0 Å². The van der Waals surface area contributed by atoms with Crippen LogP contribution in [0.1, 0.15) is 18.4 Å². The van der Waals surface area contributed by atoms with Crippen LogP contribution in [-0.4, -0.2) is 29.1 Å². The van der Waals surface area contributed by atoms with Crippen LogP contribution in [0.2, 0.25) is 0 Å². The Morgan fingerprint density at radius 3 is 2.50 bits per heavy atom. The highest BCUT2D eigenvalue weighted by Crippen LogP contribution is 2.50. The van der Waals surface area contributed by atoms with Crippen molar-refractivity contribution in [3.8, 4) is 0 Å². The first-order chi connectivity index (χ1) is 10.3. The van der Waals surface area contributed by atoms with Crippen molar-refractivity contribution in [3.05, 3.63) is 41.5 Å². The van der Waals surface area contributed by atoms with Gasteiger partial charge in [-0.05, 0) is 41.8 Å². The van der Waals surface area contributed by atoms with E-state index >= 15 is 0 Å². The highest BCUT2D eigenvalue weighted by molar-refractivity contribution is 8.03. The normalized spacial score (nSPS) is 23.8. The number of carbonyl (C=O) groups excluding carboxylic acids is 2. The van der Waals surface area contributed by atoms with Crippen molar-refractivity contribution in [2.24, 2.45) is 0 Å². The Labute approximate surface area is 129 Å². The summed E-state index contributed by atoms with van der Waals surface area (Å²) in [6.07, 6.45) is 1.40. The van der Waals surface area contributed by atoms with Crippen molar-refractivity contribution in [2.45, 2.75) is 23.1 Å². The summed E-state index contributed by atoms with van der Waals surface area (Å²) in [7, 11) is 0.979. The average Bonchev–Trinajstić information content (AvgIpc) is 2.76. The number of esters is 1. The summed E-state index contributed by atoms with van der Waals surface area (Å²) in [4.78, 5) is 24.3. The van der Waals surface area contributed by atoms with Gasteiger partial charge in [-0.3, -0.25) is 9.59 Å². The molecule has 0 spiro atoms. The Morgan fingerprint density at radius 2 is 1.95 bits per heavy atom. The number of benzene rings is 1. The van der Waals surface area contributed by atoms with Gasteiger partial charge in [-0.2, -0.15) is 13.2 Å². The molecule has 0 amide bonds. The van der Waals surface area contributed by atoms with Crippen LogP contribution in [0.5, 0.6) is 0 Å². The zero-order valence-corrected chi connectivity index (χ0v) is 12.5. The van der Waals surface area contributed by atoms with Gasteiger partial charge in [0, 0.05) is 0 Å². The minimum Gasteiger partial charge on any atom is -0.468 e. The van der Waals surface area contributed by atoms with Crippen molar-refractivity contribution in [1.82, 2.24) is 0 Å². The maximum absolute atomic E-state index is 12.8. The number of hydrogen-bond acceptors (Lipinski definition) is 4. The summed E-state index contributed by atoms with van der Waals surface area (Å²) in [5, 5.41) is 0. The molecule has 0 N–H and O–H groups in total. The monoisotopic (exact) mass is 330 g/mol. The topological polar surface area (TPSA) is 43.4 Å². The van der Waals surface area contributed by atoms with E-state index < -0.39 is 33.8 Å². The fourth-order valence-corrected chi connectivity index (χ4v) is 3.37. The smallest absolute Gasteiger partial charge is 0.443 e. The molecule has 3 nitrogen and oxygen atoms in total. The molecule has 22 heavy (non-hydrogen) atoms. The van der Waals surface area contributed by atoms with Gasteiger partial charge in [-0.25, -0.2) is 0 Å². The van der Waals surface area contributed by atoms with Crippen molar-refractivity contribution < 1.29 is 27.5 Å². The van der Waals surface area contributed by atoms with E-state index in [-0.39, 0.29) is 18.4 Å². The molecule has 0 radical (unpaired) electrons. The van der Waals surface area contributed by atoms with Gasteiger partial charge in [0.2, 0.25) is 0 Å². The molecule has 2 rings (SSSR count). The van der Waals surface area contributed by atoms with Crippen LogP contribution in [0.4, 0.5) is 13.2 Å². The Kier molecular flexibility index (Phi) is 4.65. The number of halogens is 3. The molecule has 1 aromatic rings. The van der Waals surface area contributed by atoms with Crippen molar-refractivity contribution in [3.63, 3.8) is 0 Å². The lowest BCUT2D eigenvalue weighted by atomic mass is 10.0. The lowest BCUT2D eigenvalue weighted by Gasteiger charge is -2.24. The number of hydrogen-bond donors (Lipinski definition) is 0. The number of rotatable bonds is 3. The van der Waals surface area contributed by atoms with Crippen LogP contribution >= 0.6 is 11.8 Å². The van der Waals surface area contributed by atoms with E-state index in [1.54, 1.807) is 30.3 Å². The largest absolute Gasteiger partial charge is 0.468 e. The first kappa shape index (κ1) is 16.6.